The number of hydrogen-bond acceptors (Lipinski definition) is 3. The maximum absolute atomic E-state index is 13.0. The van der Waals surface area contributed by atoms with Gasteiger partial charge >= 0.3 is 0 Å². The summed E-state index contributed by atoms with van der Waals surface area (Å²) in [5.41, 5.74) is 3.81. The van der Waals surface area contributed by atoms with Crippen LogP contribution in [0.1, 0.15) is 47.8 Å². The zero-order valence-corrected chi connectivity index (χ0v) is 18.1. The van der Waals surface area contributed by atoms with Crippen LogP contribution >= 0.6 is 12.2 Å². The molecule has 2 N–H and O–H groups in total. The Morgan fingerprint density at radius 2 is 1.83 bits per heavy atom. The third-order valence-electron chi connectivity index (χ3n) is 5.90. The molecule has 156 valence electrons. The summed E-state index contributed by atoms with van der Waals surface area (Å²) in [4.78, 5) is 18.5. The number of hydrogen-bond donors (Lipinski definition) is 2. The third kappa shape index (κ3) is 4.55. The molecule has 0 aliphatic carbocycles. The molecule has 1 atom stereocenters. The van der Waals surface area contributed by atoms with Gasteiger partial charge in [0, 0.05) is 31.0 Å². The number of likely N-dealkylation sites (tertiary alicyclic amines) is 1. The van der Waals surface area contributed by atoms with Crippen LogP contribution in [0.25, 0.3) is 5.69 Å². The second kappa shape index (κ2) is 9.41. The predicted molar refractivity (Wildman–Crippen MR) is 122 cm³/mol. The number of benzene rings is 2. The highest BCUT2D eigenvalue weighted by atomic mass is 32.1. The van der Waals surface area contributed by atoms with Crippen molar-refractivity contribution in [1.82, 2.24) is 19.8 Å². The topological polar surface area (TPSA) is 53.1 Å². The molecule has 30 heavy (non-hydrogen) atoms. The summed E-state index contributed by atoms with van der Waals surface area (Å²) in [5.74, 6) is -0.146. The number of rotatable bonds is 6. The lowest BCUT2D eigenvalue weighted by Crippen LogP contribution is -2.37. The van der Waals surface area contributed by atoms with Crippen LogP contribution in [0.15, 0.2) is 60.8 Å². The van der Waals surface area contributed by atoms with Crippen molar-refractivity contribution in [1.29, 1.82) is 0 Å². The molecular formula is C24H28N4OS. The van der Waals surface area contributed by atoms with E-state index in [2.05, 4.69) is 40.3 Å². The Hall–Kier alpha value is -2.70. The van der Waals surface area contributed by atoms with Crippen molar-refractivity contribution in [2.75, 3.05) is 6.54 Å². The number of aromatic amines is 1. The highest BCUT2D eigenvalue weighted by molar-refractivity contribution is 7.71. The molecule has 4 rings (SSSR count). The van der Waals surface area contributed by atoms with Gasteiger partial charge in [0.1, 0.15) is 5.69 Å². The van der Waals surface area contributed by atoms with Crippen molar-refractivity contribution in [3.8, 4) is 5.69 Å². The normalized spacial score (nSPS) is 17.0. The molecule has 1 aliphatic rings. The highest BCUT2D eigenvalue weighted by Crippen LogP contribution is 2.21. The van der Waals surface area contributed by atoms with Gasteiger partial charge in [0.15, 0.2) is 4.77 Å². The number of imidazole rings is 1. The van der Waals surface area contributed by atoms with Crippen molar-refractivity contribution in [2.24, 2.45) is 0 Å². The molecule has 1 saturated heterocycles. The van der Waals surface area contributed by atoms with Gasteiger partial charge in [-0.15, -0.1) is 0 Å². The lowest BCUT2D eigenvalue weighted by atomic mass is 10.0. The van der Waals surface area contributed by atoms with Crippen LogP contribution in [-0.4, -0.2) is 32.9 Å². The third-order valence-corrected chi connectivity index (χ3v) is 6.20. The van der Waals surface area contributed by atoms with Gasteiger partial charge in [-0.05, 0) is 61.8 Å². The van der Waals surface area contributed by atoms with E-state index >= 15 is 0 Å². The van der Waals surface area contributed by atoms with Gasteiger partial charge in [-0.3, -0.25) is 14.3 Å². The summed E-state index contributed by atoms with van der Waals surface area (Å²) in [6.45, 7) is 4.87. The lowest BCUT2D eigenvalue weighted by molar-refractivity contribution is 0.0943. The van der Waals surface area contributed by atoms with Crippen molar-refractivity contribution >= 4 is 18.1 Å². The smallest absolute Gasteiger partial charge is 0.270 e. The quantitative estimate of drug-likeness (QED) is 0.561. The Balaban J connectivity index is 1.49. The summed E-state index contributed by atoms with van der Waals surface area (Å²) in [7, 11) is 0. The fourth-order valence-corrected chi connectivity index (χ4v) is 4.39. The van der Waals surface area contributed by atoms with E-state index in [1.807, 2.05) is 36.4 Å². The van der Waals surface area contributed by atoms with Gasteiger partial charge < -0.3 is 10.3 Å². The molecule has 0 radical (unpaired) electrons. The van der Waals surface area contributed by atoms with Crippen LogP contribution in [0, 0.1) is 4.77 Å². The molecule has 0 bridgehead atoms. The Morgan fingerprint density at radius 3 is 2.60 bits per heavy atom. The van der Waals surface area contributed by atoms with Gasteiger partial charge in [0.25, 0.3) is 5.91 Å². The molecule has 3 aromatic rings. The van der Waals surface area contributed by atoms with Crippen LogP contribution < -0.4 is 5.32 Å². The first-order valence-corrected chi connectivity index (χ1v) is 11.0. The minimum Gasteiger partial charge on any atom is -0.347 e. The molecule has 0 spiro atoms. The Kier molecular flexibility index (Phi) is 6.45. The van der Waals surface area contributed by atoms with Crippen LogP contribution in [0.5, 0.6) is 0 Å². The molecule has 2 aromatic carbocycles. The highest BCUT2D eigenvalue weighted by Gasteiger charge is 2.20. The monoisotopic (exact) mass is 420 g/mol. The average Bonchev–Trinajstić information content (AvgIpc) is 3.16. The largest absolute Gasteiger partial charge is 0.347 e. The van der Waals surface area contributed by atoms with Gasteiger partial charge in [-0.1, -0.05) is 48.9 Å². The number of nitrogens with zero attached hydrogens (tertiary/aromatic N) is 2. The number of H-pyrrole nitrogens is 1. The number of carbonyl (C=O) groups is 1. The van der Waals surface area contributed by atoms with Gasteiger partial charge in [-0.2, -0.15) is 0 Å². The van der Waals surface area contributed by atoms with Crippen LogP contribution in [-0.2, 0) is 13.1 Å². The van der Waals surface area contributed by atoms with Crippen LogP contribution in [0.4, 0.5) is 0 Å². The molecule has 6 heteroatoms. The second-order valence-corrected chi connectivity index (χ2v) is 8.30. The van der Waals surface area contributed by atoms with E-state index in [9.17, 15) is 4.79 Å². The summed E-state index contributed by atoms with van der Waals surface area (Å²) >= 11 is 5.40. The zero-order valence-electron chi connectivity index (χ0n) is 17.3. The molecule has 0 unspecified atom stereocenters. The minimum absolute atomic E-state index is 0.146. The molecule has 5 nitrogen and oxygen atoms in total. The summed E-state index contributed by atoms with van der Waals surface area (Å²) in [5, 5.41) is 3.08. The van der Waals surface area contributed by atoms with E-state index in [1.54, 1.807) is 10.8 Å². The summed E-state index contributed by atoms with van der Waals surface area (Å²) in [6, 6.07) is 18.7. The number of nitrogens with one attached hydrogen (secondary N) is 2. The molecule has 1 fully saturated rings. The first-order chi connectivity index (χ1) is 14.6. The zero-order chi connectivity index (χ0) is 20.9. The van der Waals surface area contributed by atoms with Crippen LogP contribution in [0.3, 0.4) is 0 Å². The van der Waals surface area contributed by atoms with E-state index in [1.165, 1.54) is 24.8 Å². The number of aromatic nitrogens is 2. The second-order valence-electron chi connectivity index (χ2n) is 7.92. The first-order valence-electron chi connectivity index (χ1n) is 10.6. The van der Waals surface area contributed by atoms with Crippen molar-refractivity contribution in [3.63, 3.8) is 0 Å². The van der Waals surface area contributed by atoms with Gasteiger partial charge in [-0.25, -0.2) is 0 Å². The van der Waals surface area contributed by atoms with E-state index < -0.39 is 0 Å². The van der Waals surface area contributed by atoms with Crippen molar-refractivity contribution in [2.45, 2.75) is 45.3 Å². The number of para-hydroxylation sites is 1. The molecule has 1 aliphatic heterocycles. The Bertz CT molecular complexity index is 1060. The fourth-order valence-electron chi connectivity index (χ4n) is 4.13. The minimum atomic E-state index is -0.146. The SMILES string of the molecule is C[C@@H]1CCCCN1Cc1ccccc1CNC(=O)c1c[nH]c(=S)n1-c1ccccc1. The Morgan fingerprint density at radius 1 is 1.10 bits per heavy atom. The standard InChI is InChI=1S/C24H28N4OS/c1-18-9-7-8-14-27(18)17-20-11-6-5-10-19(20)15-25-23(29)22-16-26-24(30)28(22)21-12-3-2-4-13-21/h2-6,10-13,16,18H,7-9,14-15,17H2,1H3,(H,25,29)(H,26,30)/t18-/m1/s1. The van der Waals surface area contributed by atoms with E-state index in [0.29, 0.717) is 23.1 Å². The van der Waals surface area contributed by atoms with Crippen molar-refractivity contribution < 1.29 is 4.79 Å². The van der Waals surface area contributed by atoms with Crippen LogP contribution in [0.2, 0.25) is 0 Å². The average molecular weight is 421 g/mol. The molecule has 2 heterocycles. The van der Waals surface area contributed by atoms with Gasteiger partial charge in [0.2, 0.25) is 0 Å². The Labute approximate surface area is 182 Å². The maximum Gasteiger partial charge on any atom is 0.270 e. The fraction of sp³-hybridized carbons (Fsp3) is 0.333. The first kappa shape index (κ1) is 20.6. The summed E-state index contributed by atoms with van der Waals surface area (Å²) < 4.78 is 2.28. The molecule has 1 amide bonds. The van der Waals surface area contributed by atoms with Gasteiger partial charge in [0.05, 0.1) is 0 Å². The molecule has 0 saturated carbocycles. The van der Waals surface area contributed by atoms with E-state index in [0.717, 1.165) is 24.3 Å². The maximum atomic E-state index is 13.0. The molecule has 1 aromatic heterocycles. The number of amides is 1. The predicted octanol–water partition coefficient (Wildman–Crippen LogP) is 4.84. The van der Waals surface area contributed by atoms with E-state index in [-0.39, 0.29) is 5.91 Å². The summed E-state index contributed by atoms with van der Waals surface area (Å²) in [6.07, 6.45) is 5.51. The number of piperidine rings is 1. The number of carbonyl (C=O) groups excluding carboxylic acids is 1. The lowest BCUT2D eigenvalue weighted by Gasteiger charge is -2.33. The van der Waals surface area contributed by atoms with E-state index in [4.69, 9.17) is 12.2 Å². The molecular weight excluding hydrogens is 392 g/mol. The van der Waals surface area contributed by atoms with Crippen molar-refractivity contribution in [3.05, 3.63) is 82.4 Å².